The lowest BCUT2D eigenvalue weighted by Gasteiger charge is -2.22. The van der Waals surface area contributed by atoms with Gasteiger partial charge in [0.2, 0.25) is 5.91 Å². The number of carboxylic acids is 1. The van der Waals surface area contributed by atoms with Crippen LogP contribution in [0.25, 0.3) is 0 Å². The Kier molecular flexibility index (Phi) is 4.77. The molecule has 2 N–H and O–H groups in total. The Balaban J connectivity index is 2.05. The van der Waals surface area contributed by atoms with Gasteiger partial charge in [0.25, 0.3) is 0 Å². The van der Waals surface area contributed by atoms with Crippen molar-refractivity contribution < 1.29 is 14.7 Å². The fourth-order valence-electron chi connectivity index (χ4n) is 2.97. The number of carbonyl (C=O) groups is 2. The van der Waals surface area contributed by atoms with Crippen molar-refractivity contribution in [2.75, 3.05) is 0 Å². The van der Waals surface area contributed by atoms with E-state index in [1.165, 1.54) is 0 Å². The first-order chi connectivity index (χ1) is 9.63. The zero-order valence-electron chi connectivity index (χ0n) is 11.7. The summed E-state index contributed by atoms with van der Waals surface area (Å²) in [5.74, 6) is -1.50. The van der Waals surface area contributed by atoms with E-state index < -0.39 is 11.9 Å². The van der Waals surface area contributed by atoms with E-state index in [4.69, 9.17) is 5.11 Å². The summed E-state index contributed by atoms with van der Waals surface area (Å²) in [7, 11) is 0. The molecule has 4 nitrogen and oxygen atoms in total. The first-order valence-electron chi connectivity index (χ1n) is 7.21. The molecule has 0 aromatic heterocycles. The molecular formula is C16H21NO3. The van der Waals surface area contributed by atoms with Gasteiger partial charge in [-0.15, -0.1) is 0 Å². The van der Waals surface area contributed by atoms with Crippen LogP contribution in [0.3, 0.4) is 0 Å². The number of hydrogen-bond donors (Lipinski definition) is 2. The smallest absolute Gasteiger partial charge is 0.308 e. The molecular weight excluding hydrogens is 254 g/mol. The standard InChI is InChI=1S/C16H21NO3/c1-2-12(11-7-4-3-5-8-11)15(18)17-14-10-6-9-13(14)16(19)20/h3-5,7-8,12-14H,2,6,9-10H2,1H3,(H,17,18)(H,19,20)/t12?,13-,14+/m0/s1. The monoisotopic (exact) mass is 275 g/mol. The molecule has 108 valence electrons. The summed E-state index contributed by atoms with van der Waals surface area (Å²) >= 11 is 0. The lowest BCUT2D eigenvalue weighted by molar-refractivity contribution is -0.142. The second-order valence-corrected chi connectivity index (χ2v) is 5.36. The molecule has 1 fully saturated rings. The van der Waals surface area contributed by atoms with E-state index in [-0.39, 0.29) is 17.9 Å². The Morgan fingerprint density at radius 1 is 1.30 bits per heavy atom. The Morgan fingerprint density at radius 2 is 2.00 bits per heavy atom. The van der Waals surface area contributed by atoms with Crippen LogP contribution in [0.2, 0.25) is 0 Å². The van der Waals surface area contributed by atoms with Crippen LogP contribution in [0.1, 0.15) is 44.1 Å². The molecule has 2 rings (SSSR count). The van der Waals surface area contributed by atoms with E-state index in [1.54, 1.807) is 0 Å². The average Bonchev–Trinajstić information content (AvgIpc) is 2.89. The van der Waals surface area contributed by atoms with Crippen molar-refractivity contribution in [3.63, 3.8) is 0 Å². The van der Waals surface area contributed by atoms with Crippen molar-refractivity contribution in [2.24, 2.45) is 5.92 Å². The Labute approximate surface area is 119 Å². The lowest BCUT2D eigenvalue weighted by Crippen LogP contribution is -2.42. The van der Waals surface area contributed by atoms with Crippen LogP contribution in [0.4, 0.5) is 0 Å². The zero-order valence-corrected chi connectivity index (χ0v) is 11.7. The van der Waals surface area contributed by atoms with Crippen LogP contribution in [-0.2, 0) is 9.59 Å². The van der Waals surface area contributed by atoms with Gasteiger partial charge < -0.3 is 10.4 Å². The second kappa shape index (κ2) is 6.55. The maximum Gasteiger partial charge on any atom is 0.308 e. The van der Waals surface area contributed by atoms with Gasteiger partial charge >= 0.3 is 5.97 Å². The number of carbonyl (C=O) groups excluding carboxylic acids is 1. The molecule has 1 saturated carbocycles. The lowest BCUT2D eigenvalue weighted by atomic mass is 9.94. The summed E-state index contributed by atoms with van der Waals surface area (Å²) in [6, 6.07) is 9.42. The van der Waals surface area contributed by atoms with Crippen LogP contribution in [-0.4, -0.2) is 23.0 Å². The number of carboxylic acid groups (broad SMARTS) is 1. The molecule has 4 heteroatoms. The number of rotatable bonds is 5. The maximum atomic E-state index is 12.4. The summed E-state index contributed by atoms with van der Waals surface area (Å²) in [4.78, 5) is 23.5. The highest BCUT2D eigenvalue weighted by Crippen LogP contribution is 2.27. The highest BCUT2D eigenvalue weighted by molar-refractivity contribution is 5.84. The van der Waals surface area contributed by atoms with Gasteiger partial charge in [0, 0.05) is 6.04 Å². The fraction of sp³-hybridized carbons (Fsp3) is 0.500. The first-order valence-corrected chi connectivity index (χ1v) is 7.21. The van der Waals surface area contributed by atoms with Crippen LogP contribution >= 0.6 is 0 Å². The van der Waals surface area contributed by atoms with Crippen molar-refractivity contribution in [3.05, 3.63) is 35.9 Å². The molecule has 3 atom stereocenters. The van der Waals surface area contributed by atoms with Gasteiger partial charge in [0.05, 0.1) is 11.8 Å². The minimum atomic E-state index is -0.805. The minimum Gasteiger partial charge on any atom is -0.481 e. The zero-order chi connectivity index (χ0) is 14.5. The third-order valence-electron chi connectivity index (χ3n) is 4.09. The van der Waals surface area contributed by atoms with E-state index in [0.29, 0.717) is 12.8 Å². The summed E-state index contributed by atoms with van der Waals surface area (Å²) in [5, 5.41) is 12.1. The molecule has 0 spiro atoms. The SMILES string of the molecule is CCC(C(=O)N[C@@H]1CCC[C@@H]1C(=O)O)c1ccccc1. The van der Waals surface area contributed by atoms with Crippen molar-refractivity contribution in [2.45, 2.75) is 44.6 Å². The van der Waals surface area contributed by atoms with Gasteiger partial charge in [0.15, 0.2) is 0 Å². The van der Waals surface area contributed by atoms with Gasteiger partial charge in [-0.05, 0) is 24.8 Å². The van der Waals surface area contributed by atoms with Crippen molar-refractivity contribution >= 4 is 11.9 Å². The van der Waals surface area contributed by atoms with Crippen LogP contribution < -0.4 is 5.32 Å². The normalized spacial score (nSPS) is 23.2. The summed E-state index contributed by atoms with van der Waals surface area (Å²) < 4.78 is 0. The van der Waals surface area contributed by atoms with Gasteiger partial charge in [-0.1, -0.05) is 43.7 Å². The van der Waals surface area contributed by atoms with Gasteiger partial charge in [-0.2, -0.15) is 0 Å². The number of hydrogen-bond acceptors (Lipinski definition) is 2. The van der Waals surface area contributed by atoms with E-state index in [2.05, 4.69) is 5.32 Å². The van der Waals surface area contributed by atoms with E-state index in [0.717, 1.165) is 18.4 Å². The quantitative estimate of drug-likeness (QED) is 0.868. The van der Waals surface area contributed by atoms with E-state index in [9.17, 15) is 9.59 Å². The van der Waals surface area contributed by atoms with Crippen molar-refractivity contribution in [1.82, 2.24) is 5.32 Å². The van der Waals surface area contributed by atoms with E-state index >= 15 is 0 Å². The molecule has 1 aliphatic rings. The van der Waals surface area contributed by atoms with Crippen molar-refractivity contribution in [1.29, 1.82) is 0 Å². The predicted octanol–water partition coefficient (Wildman–Crippen LogP) is 2.55. The minimum absolute atomic E-state index is 0.0585. The highest BCUT2D eigenvalue weighted by atomic mass is 16.4. The Morgan fingerprint density at radius 3 is 2.60 bits per heavy atom. The molecule has 1 amide bonds. The van der Waals surface area contributed by atoms with Gasteiger partial charge in [-0.25, -0.2) is 0 Å². The molecule has 0 saturated heterocycles. The summed E-state index contributed by atoms with van der Waals surface area (Å²) in [6.45, 7) is 1.97. The van der Waals surface area contributed by atoms with Gasteiger partial charge in [0.1, 0.15) is 0 Å². The molecule has 0 heterocycles. The molecule has 1 aromatic carbocycles. The highest BCUT2D eigenvalue weighted by Gasteiger charge is 2.35. The number of amides is 1. The first kappa shape index (κ1) is 14.6. The van der Waals surface area contributed by atoms with Crippen molar-refractivity contribution in [3.8, 4) is 0 Å². The Hall–Kier alpha value is -1.84. The van der Waals surface area contributed by atoms with Gasteiger partial charge in [-0.3, -0.25) is 9.59 Å². The number of aliphatic carboxylic acids is 1. The predicted molar refractivity (Wildman–Crippen MR) is 76.4 cm³/mol. The molecule has 0 aliphatic heterocycles. The molecule has 1 aliphatic carbocycles. The Bertz CT molecular complexity index is 472. The summed E-state index contributed by atoms with van der Waals surface area (Å²) in [6.07, 6.45) is 2.99. The molecule has 20 heavy (non-hydrogen) atoms. The largest absolute Gasteiger partial charge is 0.481 e. The molecule has 0 bridgehead atoms. The van der Waals surface area contributed by atoms with Crippen LogP contribution in [0.15, 0.2) is 30.3 Å². The third-order valence-corrected chi connectivity index (χ3v) is 4.09. The molecule has 1 aromatic rings. The number of benzene rings is 1. The second-order valence-electron chi connectivity index (χ2n) is 5.36. The number of nitrogens with one attached hydrogen (secondary N) is 1. The van der Waals surface area contributed by atoms with Crippen LogP contribution in [0.5, 0.6) is 0 Å². The fourth-order valence-corrected chi connectivity index (χ4v) is 2.97. The van der Waals surface area contributed by atoms with E-state index in [1.807, 2.05) is 37.3 Å². The average molecular weight is 275 g/mol. The summed E-state index contributed by atoms with van der Waals surface area (Å²) in [5.41, 5.74) is 0.984. The maximum absolute atomic E-state index is 12.4. The topological polar surface area (TPSA) is 66.4 Å². The van der Waals surface area contributed by atoms with Crippen LogP contribution in [0, 0.1) is 5.92 Å². The third kappa shape index (κ3) is 3.18. The molecule has 1 unspecified atom stereocenters. The molecule has 0 radical (unpaired) electrons.